The van der Waals surface area contributed by atoms with Crippen molar-refractivity contribution in [1.82, 2.24) is 15.5 Å². The number of phenolic OH excluding ortho intramolecular Hbond substituents is 1. The molecule has 2 aromatic rings. The van der Waals surface area contributed by atoms with Gasteiger partial charge in [-0.1, -0.05) is 17.3 Å². The summed E-state index contributed by atoms with van der Waals surface area (Å²) in [4.78, 5) is 3.96. The predicted molar refractivity (Wildman–Crippen MR) is 67.3 cm³/mol. The Morgan fingerprint density at radius 1 is 1.33 bits per heavy atom. The van der Waals surface area contributed by atoms with Crippen molar-refractivity contribution in [2.24, 2.45) is 0 Å². The third-order valence-electron chi connectivity index (χ3n) is 2.72. The average molecular weight is 247 g/mol. The molecule has 0 fully saturated rings. The standard InChI is InChI=1S/C13H17N3O2/c1-10(8-11-2-4-12(17)5-3-11)14-7-6-13-15-9-16-18-13/h2-5,9-10,14,17H,6-8H2,1H3. The van der Waals surface area contributed by atoms with Gasteiger partial charge in [0.2, 0.25) is 5.89 Å². The number of nitrogens with zero attached hydrogens (tertiary/aromatic N) is 2. The fourth-order valence-corrected chi connectivity index (χ4v) is 1.79. The Hall–Kier alpha value is -1.88. The maximum atomic E-state index is 9.20. The van der Waals surface area contributed by atoms with Crippen molar-refractivity contribution < 1.29 is 9.63 Å². The number of benzene rings is 1. The molecule has 0 aliphatic carbocycles. The SMILES string of the molecule is CC(Cc1ccc(O)cc1)NCCc1ncno1. The Morgan fingerprint density at radius 2 is 2.11 bits per heavy atom. The van der Waals surface area contributed by atoms with E-state index in [1.807, 2.05) is 12.1 Å². The molecule has 0 aliphatic heterocycles. The maximum absolute atomic E-state index is 9.20. The van der Waals surface area contributed by atoms with Gasteiger partial charge in [0, 0.05) is 19.0 Å². The summed E-state index contributed by atoms with van der Waals surface area (Å²) in [5.41, 5.74) is 1.20. The fourth-order valence-electron chi connectivity index (χ4n) is 1.79. The molecule has 1 aromatic carbocycles. The molecule has 2 rings (SSSR count). The number of aromatic hydroxyl groups is 1. The maximum Gasteiger partial charge on any atom is 0.227 e. The van der Waals surface area contributed by atoms with Crippen molar-refractivity contribution in [2.75, 3.05) is 6.54 Å². The second-order valence-corrected chi connectivity index (χ2v) is 4.31. The molecular weight excluding hydrogens is 230 g/mol. The first-order valence-electron chi connectivity index (χ1n) is 6.01. The zero-order chi connectivity index (χ0) is 12.8. The van der Waals surface area contributed by atoms with E-state index in [4.69, 9.17) is 4.52 Å². The highest BCUT2D eigenvalue weighted by molar-refractivity contribution is 5.26. The van der Waals surface area contributed by atoms with E-state index in [9.17, 15) is 5.11 Å². The van der Waals surface area contributed by atoms with Gasteiger partial charge in [0.25, 0.3) is 0 Å². The van der Waals surface area contributed by atoms with Gasteiger partial charge >= 0.3 is 0 Å². The summed E-state index contributed by atoms with van der Waals surface area (Å²) in [7, 11) is 0. The van der Waals surface area contributed by atoms with E-state index in [0.29, 0.717) is 17.7 Å². The summed E-state index contributed by atoms with van der Waals surface area (Å²) in [5.74, 6) is 0.954. The summed E-state index contributed by atoms with van der Waals surface area (Å²) < 4.78 is 4.92. The average Bonchev–Trinajstić information content (AvgIpc) is 2.85. The normalized spacial score (nSPS) is 12.5. The Balaban J connectivity index is 1.71. The van der Waals surface area contributed by atoms with Gasteiger partial charge in [-0.15, -0.1) is 0 Å². The molecule has 96 valence electrons. The van der Waals surface area contributed by atoms with Gasteiger partial charge in [0.15, 0.2) is 6.33 Å². The first-order chi connectivity index (χ1) is 8.74. The Bertz CT molecular complexity index is 454. The summed E-state index contributed by atoms with van der Waals surface area (Å²) in [6, 6.07) is 7.65. The molecule has 0 radical (unpaired) electrons. The summed E-state index contributed by atoms with van der Waals surface area (Å²) in [6.45, 7) is 2.93. The molecule has 5 heteroatoms. The molecule has 0 spiro atoms. The lowest BCUT2D eigenvalue weighted by Crippen LogP contribution is -2.30. The van der Waals surface area contributed by atoms with Gasteiger partial charge in [-0.25, -0.2) is 0 Å². The van der Waals surface area contributed by atoms with Crippen LogP contribution in [0.2, 0.25) is 0 Å². The molecule has 0 bridgehead atoms. The smallest absolute Gasteiger partial charge is 0.227 e. The molecule has 0 aliphatic rings. The quantitative estimate of drug-likeness (QED) is 0.810. The van der Waals surface area contributed by atoms with Crippen molar-refractivity contribution in [2.45, 2.75) is 25.8 Å². The van der Waals surface area contributed by atoms with Crippen molar-refractivity contribution in [1.29, 1.82) is 0 Å². The van der Waals surface area contributed by atoms with Gasteiger partial charge in [-0.3, -0.25) is 0 Å². The molecule has 2 N–H and O–H groups in total. The van der Waals surface area contributed by atoms with Crippen molar-refractivity contribution in [3.8, 4) is 5.75 Å². The second kappa shape index (κ2) is 6.16. The zero-order valence-corrected chi connectivity index (χ0v) is 10.3. The van der Waals surface area contributed by atoms with E-state index in [0.717, 1.165) is 19.4 Å². The second-order valence-electron chi connectivity index (χ2n) is 4.31. The predicted octanol–water partition coefficient (Wildman–Crippen LogP) is 1.54. The first kappa shape index (κ1) is 12.6. The highest BCUT2D eigenvalue weighted by Gasteiger charge is 2.04. The molecule has 5 nitrogen and oxygen atoms in total. The molecule has 0 amide bonds. The number of hydrogen-bond acceptors (Lipinski definition) is 5. The van der Waals surface area contributed by atoms with E-state index in [-0.39, 0.29) is 0 Å². The van der Waals surface area contributed by atoms with Crippen LogP contribution in [0.4, 0.5) is 0 Å². The fraction of sp³-hybridized carbons (Fsp3) is 0.385. The van der Waals surface area contributed by atoms with Crippen LogP contribution in [0, 0.1) is 0 Å². The van der Waals surface area contributed by atoms with Crippen LogP contribution in [0.5, 0.6) is 5.75 Å². The molecule has 18 heavy (non-hydrogen) atoms. The highest BCUT2D eigenvalue weighted by Crippen LogP contribution is 2.11. The van der Waals surface area contributed by atoms with Gasteiger partial charge in [0.1, 0.15) is 5.75 Å². The van der Waals surface area contributed by atoms with Crippen LogP contribution >= 0.6 is 0 Å². The number of rotatable bonds is 6. The van der Waals surface area contributed by atoms with E-state index < -0.39 is 0 Å². The van der Waals surface area contributed by atoms with Crippen LogP contribution in [0.15, 0.2) is 35.1 Å². The first-order valence-corrected chi connectivity index (χ1v) is 6.01. The van der Waals surface area contributed by atoms with E-state index in [1.165, 1.54) is 11.9 Å². The van der Waals surface area contributed by atoms with Gasteiger partial charge in [-0.2, -0.15) is 4.98 Å². The van der Waals surface area contributed by atoms with Crippen LogP contribution in [-0.2, 0) is 12.8 Å². The molecule has 1 heterocycles. The molecule has 0 saturated heterocycles. The van der Waals surface area contributed by atoms with Crippen molar-refractivity contribution in [3.63, 3.8) is 0 Å². The summed E-state index contributed by atoms with van der Waals surface area (Å²) >= 11 is 0. The lowest BCUT2D eigenvalue weighted by molar-refractivity contribution is 0.372. The largest absolute Gasteiger partial charge is 0.508 e. The van der Waals surface area contributed by atoms with Crippen LogP contribution in [-0.4, -0.2) is 27.8 Å². The van der Waals surface area contributed by atoms with Crippen LogP contribution in [0.3, 0.4) is 0 Å². The van der Waals surface area contributed by atoms with Gasteiger partial charge < -0.3 is 14.9 Å². The van der Waals surface area contributed by atoms with Gasteiger partial charge in [-0.05, 0) is 31.0 Å². The van der Waals surface area contributed by atoms with E-state index in [2.05, 4.69) is 22.4 Å². The Morgan fingerprint density at radius 3 is 2.78 bits per heavy atom. The molecule has 1 unspecified atom stereocenters. The highest BCUT2D eigenvalue weighted by atomic mass is 16.5. The van der Waals surface area contributed by atoms with E-state index >= 15 is 0 Å². The third kappa shape index (κ3) is 3.85. The van der Waals surface area contributed by atoms with Crippen LogP contribution in [0.1, 0.15) is 18.4 Å². The third-order valence-corrected chi connectivity index (χ3v) is 2.72. The molecule has 1 atom stereocenters. The van der Waals surface area contributed by atoms with Gasteiger partial charge in [0.05, 0.1) is 0 Å². The van der Waals surface area contributed by atoms with Crippen molar-refractivity contribution in [3.05, 3.63) is 42.0 Å². The molecule has 0 saturated carbocycles. The lowest BCUT2D eigenvalue weighted by atomic mass is 10.1. The Kier molecular flexibility index (Phi) is 4.30. The molecule has 1 aromatic heterocycles. The number of hydrogen-bond donors (Lipinski definition) is 2. The Labute approximate surface area is 106 Å². The van der Waals surface area contributed by atoms with Crippen molar-refractivity contribution >= 4 is 0 Å². The summed E-state index contributed by atoms with van der Waals surface area (Å²) in [5, 5.41) is 16.2. The lowest BCUT2D eigenvalue weighted by Gasteiger charge is -2.13. The van der Waals surface area contributed by atoms with Crippen LogP contribution < -0.4 is 5.32 Å². The summed E-state index contributed by atoms with van der Waals surface area (Å²) in [6.07, 6.45) is 3.07. The topological polar surface area (TPSA) is 71.2 Å². The minimum Gasteiger partial charge on any atom is -0.508 e. The minimum absolute atomic E-state index is 0.302. The number of phenols is 1. The zero-order valence-electron chi connectivity index (χ0n) is 10.3. The van der Waals surface area contributed by atoms with E-state index in [1.54, 1.807) is 12.1 Å². The number of nitrogens with one attached hydrogen (secondary N) is 1. The van der Waals surface area contributed by atoms with Crippen LogP contribution in [0.25, 0.3) is 0 Å². The molecular formula is C13H17N3O2. The minimum atomic E-state index is 0.302. The monoisotopic (exact) mass is 247 g/mol. The number of aromatic nitrogens is 2.